The summed E-state index contributed by atoms with van der Waals surface area (Å²) in [6, 6.07) is 4.01. The molecule has 19 heavy (non-hydrogen) atoms. The van der Waals surface area contributed by atoms with Crippen LogP contribution >= 0.6 is 11.6 Å². The molecule has 1 aromatic carbocycles. The molecule has 1 amide bonds. The third kappa shape index (κ3) is 3.23. The van der Waals surface area contributed by atoms with Crippen molar-refractivity contribution in [1.29, 1.82) is 0 Å². The van der Waals surface area contributed by atoms with Crippen LogP contribution in [0.25, 0.3) is 0 Å². The molecule has 1 saturated carbocycles. The van der Waals surface area contributed by atoms with E-state index in [2.05, 4.69) is 5.32 Å². The van der Waals surface area contributed by atoms with E-state index in [0.29, 0.717) is 24.9 Å². The highest BCUT2D eigenvalue weighted by molar-refractivity contribution is 6.30. The van der Waals surface area contributed by atoms with E-state index in [0.717, 1.165) is 6.07 Å². The van der Waals surface area contributed by atoms with Crippen LogP contribution in [0.15, 0.2) is 18.2 Å². The monoisotopic (exact) mass is 285 g/mol. The van der Waals surface area contributed by atoms with Crippen molar-refractivity contribution in [2.75, 3.05) is 5.32 Å². The van der Waals surface area contributed by atoms with E-state index in [9.17, 15) is 14.0 Å². The number of carbonyl (C=O) groups excluding carboxylic acids is 1. The van der Waals surface area contributed by atoms with Crippen LogP contribution in [0, 0.1) is 17.7 Å². The molecule has 0 aromatic heterocycles. The fourth-order valence-electron chi connectivity index (χ4n) is 2.26. The average molecular weight is 286 g/mol. The Kier molecular flexibility index (Phi) is 4.04. The minimum atomic E-state index is -0.868. The lowest BCUT2D eigenvalue weighted by molar-refractivity contribution is -0.141. The summed E-state index contributed by atoms with van der Waals surface area (Å²) in [4.78, 5) is 22.7. The highest BCUT2D eigenvalue weighted by Crippen LogP contribution is 2.32. The van der Waals surface area contributed by atoms with Crippen molar-refractivity contribution in [2.45, 2.75) is 19.3 Å². The maximum Gasteiger partial charge on any atom is 0.306 e. The molecule has 102 valence electrons. The van der Waals surface area contributed by atoms with Gasteiger partial charge in [0.15, 0.2) is 0 Å². The normalized spacial score (nSPS) is 22.2. The molecule has 6 heteroatoms. The molecule has 0 radical (unpaired) electrons. The fourth-order valence-corrected chi connectivity index (χ4v) is 2.38. The van der Waals surface area contributed by atoms with Gasteiger partial charge in [-0.15, -0.1) is 0 Å². The van der Waals surface area contributed by atoms with Gasteiger partial charge in [0.05, 0.1) is 10.9 Å². The largest absolute Gasteiger partial charge is 0.481 e. The standard InChI is InChI=1S/C13H13ClFNO3/c14-10-4-3-9(6-11(10)15)16-12(17)7-1-2-8(5-7)13(18)19/h3-4,6-8H,1-2,5H2,(H,16,17)(H,18,19). The van der Waals surface area contributed by atoms with Crippen molar-refractivity contribution in [3.8, 4) is 0 Å². The number of carboxylic acids is 1. The van der Waals surface area contributed by atoms with Gasteiger partial charge in [-0.25, -0.2) is 4.39 Å². The van der Waals surface area contributed by atoms with Gasteiger partial charge in [0.25, 0.3) is 0 Å². The molecule has 1 fully saturated rings. The average Bonchev–Trinajstić information content (AvgIpc) is 2.83. The second-order valence-electron chi connectivity index (χ2n) is 4.66. The van der Waals surface area contributed by atoms with Gasteiger partial charge in [0, 0.05) is 11.6 Å². The summed E-state index contributed by atoms with van der Waals surface area (Å²) in [7, 11) is 0. The Morgan fingerprint density at radius 1 is 1.32 bits per heavy atom. The van der Waals surface area contributed by atoms with E-state index in [1.165, 1.54) is 12.1 Å². The Bertz CT molecular complexity index is 521. The molecule has 1 aromatic rings. The lowest BCUT2D eigenvalue weighted by Gasteiger charge is -2.11. The van der Waals surface area contributed by atoms with E-state index >= 15 is 0 Å². The second-order valence-corrected chi connectivity index (χ2v) is 5.07. The van der Waals surface area contributed by atoms with Gasteiger partial charge in [-0.1, -0.05) is 11.6 Å². The van der Waals surface area contributed by atoms with Crippen LogP contribution in [0.5, 0.6) is 0 Å². The molecular formula is C13H13ClFNO3. The van der Waals surface area contributed by atoms with E-state index in [1.807, 2.05) is 0 Å². The van der Waals surface area contributed by atoms with Crippen LogP contribution < -0.4 is 5.32 Å². The van der Waals surface area contributed by atoms with Gasteiger partial charge >= 0.3 is 5.97 Å². The minimum Gasteiger partial charge on any atom is -0.481 e. The van der Waals surface area contributed by atoms with Crippen LogP contribution in [-0.2, 0) is 9.59 Å². The lowest BCUT2D eigenvalue weighted by Crippen LogP contribution is -2.21. The first-order chi connectivity index (χ1) is 8.97. The number of carbonyl (C=O) groups is 2. The quantitative estimate of drug-likeness (QED) is 0.897. The maximum atomic E-state index is 13.2. The SMILES string of the molecule is O=C(O)C1CCC(C(=O)Nc2ccc(Cl)c(F)c2)C1. The first-order valence-corrected chi connectivity index (χ1v) is 6.34. The van der Waals surface area contributed by atoms with Crippen molar-refractivity contribution in [1.82, 2.24) is 0 Å². The summed E-state index contributed by atoms with van der Waals surface area (Å²) >= 11 is 5.55. The summed E-state index contributed by atoms with van der Waals surface area (Å²) < 4.78 is 13.2. The van der Waals surface area contributed by atoms with Crippen LogP contribution in [0.1, 0.15) is 19.3 Å². The van der Waals surface area contributed by atoms with Crippen LogP contribution in [-0.4, -0.2) is 17.0 Å². The second kappa shape index (κ2) is 5.57. The summed E-state index contributed by atoms with van der Waals surface area (Å²) in [5.41, 5.74) is 0.325. The molecular weight excluding hydrogens is 273 g/mol. The third-order valence-corrected chi connectivity index (χ3v) is 3.65. The molecule has 1 aliphatic carbocycles. The van der Waals surface area contributed by atoms with Crippen LogP contribution in [0.3, 0.4) is 0 Å². The third-order valence-electron chi connectivity index (χ3n) is 3.34. The van der Waals surface area contributed by atoms with Crippen molar-refractivity contribution in [2.24, 2.45) is 11.8 Å². The van der Waals surface area contributed by atoms with Crippen LogP contribution in [0.4, 0.5) is 10.1 Å². The molecule has 0 bridgehead atoms. The number of aliphatic carboxylic acids is 1. The van der Waals surface area contributed by atoms with Gasteiger partial charge in [0.2, 0.25) is 5.91 Å². The highest BCUT2D eigenvalue weighted by atomic mass is 35.5. The molecule has 2 rings (SSSR count). The zero-order valence-corrected chi connectivity index (χ0v) is 10.8. The number of hydrogen-bond donors (Lipinski definition) is 2. The number of nitrogens with one attached hydrogen (secondary N) is 1. The summed E-state index contributed by atoms with van der Waals surface area (Å²) in [6.07, 6.45) is 1.37. The zero-order chi connectivity index (χ0) is 14.0. The maximum absolute atomic E-state index is 13.2. The van der Waals surface area contributed by atoms with Gasteiger partial charge in [-0.05, 0) is 37.5 Å². The van der Waals surface area contributed by atoms with Gasteiger partial charge in [-0.2, -0.15) is 0 Å². The van der Waals surface area contributed by atoms with Gasteiger partial charge in [0.1, 0.15) is 5.82 Å². The summed E-state index contributed by atoms with van der Waals surface area (Å²) in [5.74, 6) is -2.54. The molecule has 2 unspecified atom stereocenters. The van der Waals surface area contributed by atoms with Gasteiger partial charge < -0.3 is 10.4 Å². The molecule has 2 N–H and O–H groups in total. The highest BCUT2D eigenvalue weighted by Gasteiger charge is 2.33. The van der Waals surface area contributed by atoms with Crippen molar-refractivity contribution >= 4 is 29.2 Å². The molecule has 0 heterocycles. The predicted octanol–water partition coefficient (Wildman–Crippen LogP) is 2.92. The number of hydrogen-bond acceptors (Lipinski definition) is 2. The van der Waals surface area contributed by atoms with Crippen molar-refractivity contribution < 1.29 is 19.1 Å². The summed E-state index contributed by atoms with van der Waals surface area (Å²) in [6.45, 7) is 0. The number of benzene rings is 1. The van der Waals surface area contributed by atoms with Gasteiger partial charge in [-0.3, -0.25) is 9.59 Å². The minimum absolute atomic E-state index is 0.00944. The molecule has 4 nitrogen and oxygen atoms in total. The van der Waals surface area contributed by atoms with Crippen LogP contribution in [0.2, 0.25) is 5.02 Å². The number of carboxylic acid groups (broad SMARTS) is 1. The topological polar surface area (TPSA) is 66.4 Å². The molecule has 0 saturated heterocycles. The number of anilines is 1. The van der Waals surface area contributed by atoms with E-state index in [4.69, 9.17) is 16.7 Å². The Morgan fingerprint density at radius 2 is 2.00 bits per heavy atom. The Balaban J connectivity index is 1.98. The first-order valence-electron chi connectivity index (χ1n) is 5.96. The Labute approximate surface area is 114 Å². The van der Waals surface area contributed by atoms with Crippen molar-refractivity contribution in [3.05, 3.63) is 29.0 Å². The number of rotatable bonds is 3. The molecule has 1 aliphatic rings. The molecule has 0 spiro atoms. The first kappa shape index (κ1) is 13.8. The van der Waals surface area contributed by atoms with E-state index in [1.54, 1.807) is 0 Å². The fraction of sp³-hybridized carbons (Fsp3) is 0.385. The Morgan fingerprint density at radius 3 is 2.58 bits per heavy atom. The Hall–Kier alpha value is -1.62. The van der Waals surface area contributed by atoms with Crippen molar-refractivity contribution in [3.63, 3.8) is 0 Å². The molecule has 2 atom stereocenters. The number of amides is 1. The summed E-state index contributed by atoms with van der Waals surface area (Å²) in [5, 5.41) is 11.4. The van der Waals surface area contributed by atoms with E-state index < -0.39 is 17.7 Å². The molecule has 0 aliphatic heterocycles. The lowest BCUT2D eigenvalue weighted by atomic mass is 10.0. The smallest absolute Gasteiger partial charge is 0.306 e. The predicted molar refractivity (Wildman–Crippen MR) is 68.5 cm³/mol. The number of halogens is 2. The zero-order valence-electron chi connectivity index (χ0n) is 10.0. The van der Waals surface area contributed by atoms with E-state index in [-0.39, 0.29) is 16.8 Å².